The van der Waals surface area contributed by atoms with Crippen LogP contribution in [0.2, 0.25) is 0 Å². The number of unbranched alkanes of at least 4 members (excludes halogenated alkanes) is 12. The van der Waals surface area contributed by atoms with E-state index >= 15 is 0 Å². The second-order valence-electron chi connectivity index (χ2n) is 6.51. The molecule has 1 rings (SSSR count). The molecule has 4 heteroatoms. The highest BCUT2D eigenvalue weighted by Gasteiger charge is 1.97. The van der Waals surface area contributed by atoms with E-state index < -0.39 is 5.97 Å². The van der Waals surface area contributed by atoms with E-state index in [9.17, 15) is 4.79 Å². The fourth-order valence-corrected chi connectivity index (χ4v) is 2.62. The van der Waals surface area contributed by atoms with Crippen LogP contribution in [0, 0.1) is 0 Å². The molecule has 2 N–H and O–H groups in total. The minimum absolute atomic E-state index is 0.220. The van der Waals surface area contributed by atoms with Gasteiger partial charge in [-0.05, 0) is 18.6 Å². The van der Waals surface area contributed by atoms with Gasteiger partial charge in [-0.25, -0.2) is 4.79 Å². The first-order valence-electron chi connectivity index (χ1n) is 9.96. The molecular formula is C21H37NO3. The van der Waals surface area contributed by atoms with E-state index in [2.05, 4.69) is 11.9 Å². The zero-order chi connectivity index (χ0) is 18.6. The van der Waals surface area contributed by atoms with Gasteiger partial charge < -0.3 is 10.2 Å². The molecule has 25 heavy (non-hydrogen) atoms. The predicted octanol–water partition coefficient (Wildman–Crippen LogP) is 5.85. The van der Waals surface area contributed by atoms with Gasteiger partial charge in [0.05, 0.1) is 5.56 Å². The normalized spacial score (nSPS) is 10.2. The van der Waals surface area contributed by atoms with E-state index in [1.807, 2.05) is 0 Å². The molecule has 4 nitrogen and oxygen atoms in total. The van der Waals surface area contributed by atoms with Crippen molar-refractivity contribution in [2.45, 2.75) is 90.4 Å². The number of aliphatic hydroxyl groups is 1. The number of carboxylic acid groups (broad SMARTS) is 1. The highest BCUT2D eigenvalue weighted by atomic mass is 16.4. The highest BCUT2D eigenvalue weighted by Crippen LogP contribution is 2.12. The molecule has 144 valence electrons. The number of carbonyl (C=O) groups is 1. The van der Waals surface area contributed by atoms with Gasteiger partial charge in [0.15, 0.2) is 0 Å². The number of aromatic carboxylic acids is 1. The van der Waals surface area contributed by atoms with Crippen molar-refractivity contribution < 1.29 is 15.0 Å². The van der Waals surface area contributed by atoms with Crippen LogP contribution in [0.5, 0.6) is 0 Å². The molecule has 1 aromatic rings. The summed E-state index contributed by atoms with van der Waals surface area (Å²) in [6, 6.07) is 3.08. The first-order chi connectivity index (χ1) is 12.2. The Hall–Kier alpha value is -1.42. The number of hydrogen-bond donors (Lipinski definition) is 2. The molecule has 0 spiro atoms. The average Bonchev–Trinajstić information content (AvgIpc) is 2.64. The molecule has 1 heterocycles. The van der Waals surface area contributed by atoms with E-state index in [4.69, 9.17) is 10.2 Å². The maximum Gasteiger partial charge on any atom is 0.337 e. The number of aromatic nitrogens is 1. The van der Waals surface area contributed by atoms with Gasteiger partial charge in [-0.15, -0.1) is 0 Å². The molecule has 0 fully saturated rings. The van der Waals surface area contributed by atoms with Crippen molar-refractivity contribution in [2.75, 3.05) is 6.61 Å². The second-order valence-corrected chi connectivity index (χ2v) is 6.51. The van der Waals surface area contributed by atoms with E-state index in [1.54, 1.807) is 6.07 Å². The zero-order valence-electron chi connectivity index (χ0n) is 16.0. The van der Waals surface area contributed by atoms with Gasteiger partial charge in [0.2, 0.25) is 0 Å². The highest BCUT2D eigenvalue weighted by molar-refractivity contribution is 5.86. The number of aliphatic hydroxyl groups excluding tert-OH is 1. The molecule has 1 aromatic heterocycles. The lowest BCUT2D eigenvalue weighted by atomic mass is 10.0. The molecule has 0 aromatic carbocycles. The van der Waals surface area contributed by atoms with Crippen molar-refractivity contribution in [2.24, 2.45) is 0 Å². The first-order valence-corrected chi connectivity index (χ1v) is 9.96. The summed E-state index contributed by atoms with van der Waals surface area (Å²) in [4.78, 5) is 13.8. The van der Waals surface area contributed by atoms with Gasteiger partial charge in [0.25, 0.3) is 0 Å². The Kier molecular flexibility index (Phi) is 17.8. The lowest BCUT2D eigenvalue weighted by molar-refractivity contribution is 0.0696. The number of pyridine rings is 1. The average molecular weight is 352 g/mol. The van der Waals surface area contributed by atoms with Crippen molar-refractivity contribution in [3.63, 3.8) is 0 Å². The van der Waals surface area contributed by atoms with Gasteiger partial charge in [0.1, 0.15) is 0 Å². The Morgan fingerprint density at radius 1 is 0.880 bits per heavy atom. The van der Waals surface area contributed by atoms with Crippen LogP contribution in [0.4, 0.5) is 0 Å². The van der Waals surface area contributed by atoms with Crippen molar-refractivity contribution in [3.05, 3.63) is 30.1 Å². The van der Waals surface area contributed by atoms with Crippen molar-refractivity contribution in [3.8, 4) is 0 Å². The fraction of sp³-hybridized carbons (Fsp3) is 0.714. The second kappa shape index (κ2) is 18.9. The summed E-state index contributed by atoms with van der Waals surface area (Å²) in [5.41, 5.74) is 0.220. The number of hydrogen-bond acceptors (Lipinski definition) is 3. The number of carboxylic acids is 1. The maximum atomic E-state index is 10.2. The molecule has 0 saturated carbocycles. The molecule has 0 bridgehead atoms. The summed E-state index contributed by atoms with van der Waals surface area (Å²) in [5, 5.41) is 17.0. The van der Waals surface area contributed by atoms with Crippen LogP contribution in [0.3, 0.4) is 0 Å². The Morgan fingerprint density at radius 2 is 1.36 bits per heavy atom. The molecule has 0 aliphatic rings. The van der Waals surface area contributed by atoms with Gasteiger partial charge in [-0.1, -0.05) is 84.0 Å². The van der Waals surface area contributed by atoms with Crippen LogP contribution >= 0.6 is 0 Å². The van der Waals surface area contributed by atoms with Crippen LogP contribution < -0.4 is 0 Å². The number of nitrogens with zero attached hydrogens (tertiary/aromatic N) is 1. The minimum Gasteiger partial charge on any atom is -0.478 e. The molecule has 0 amide bonds. The van der Waals surface area contributed by atoms with E-state index in [0.717, 1.165) is 6.42 Å². The lowest BCUT2D eigenvalue weighted by Gasteiger charge is -2.02. The Morgan fingerprint density at radius 3 is 1.68 bits per heavy atom. The summed E-state index contributed by atoms with van der Waals surface area (Å²) >= 11 is 0. The van der Waals surface area contributed by atoms with Crippen LogP contribution in [0.25, 0.3) is 0 Å². The Balaban J connectivity index is 0.000000535. The van der Waals surface area contributed by atoms with Crippen LogP contribution in [0.15, 0.2) is 24.5 Å². The zero-order valence-corrected chi connectivity index (χ0v) is 16.0. The monoisotopic (exact) mass is 351 g/mol. The standard InChI is InChI=1S/C15H32O.C6H5NO2/c1-2-3-4-5-6-7-8-9-10-11-12-13-14-15-16;8-6(9)5-2-1-3-7-4-5/h16H,2-15H2,1H3;1-4H,(H,8,9). The summed E-state index contributed by atoms with van der Waals surface area (Å²) in [7, 11) is 0. The Bertz CT molecular complexity index is 381. The quantitative estimate of drug-likeness (QED) is 0.412. The lowest BCUT2D eigenvalue weighted by Crippen LogP contribution is -1.94. The van der Waals surface area contributed by atoms with E-state index in [1.165, 1.54) is 95.5 Å². The molecule has 0 unspecified atom stereocenters. The number of rotatable bonds is 14. The van der Waals surface area contributed by atoms with E-state index in [0.29, 0.717) is 6.61 Å². The summed E-state index contributed by atoms with van der Waals surface area (Å²) in [5.74, 6) is -0.942. The van der Waals surface area contributed by atoms with Gasteiger partial charge in [-0.2, -0.15) is 0 Å². The summed E-state index contributed by atoms with van der Waals surface area (Å²) in [6.45, 7) is 2.65. The van der Waals surface area contributed by atoms with Crippen LogP contribution in [-0.2, 0) is 0 Å². The largest absolute Gasteiger partial charge is 0.478 e. The minimum atomic E-state index is -0.942. The van der Waals surface area contributed by atoms with Crippen molar-refractivity contribution in [1.82, 2.24) is 4.98 Å². The molecule has 0 aliphatic heterocycles. The van der Waals surface area contributed by atoms with Gasteiger partial charge >= 0.3 is 5.97 Å². The van der Waals surface area contributed by atoms with Crippen molar-refractivity contribution in [1.29, 1.82) is 0 Å². The smallest absolute Gasteiger partial charge is 0.337 e. The van der Waals surface area contributed by atoms with E-state index in [-0.39, 0.29) is 5.56 Å². The Labute approximate surface area is 153 Å². The maximum absolute atomic E-state index is 10.2. The topological polar surface area (TPSA) is 70.4 Å². The third-order valence-corrected chi connectivity index (χ3v) is 4.17. The van der Waals surface area contributed by atoms with Crippen LogP contribution in [-0.4, -0.2) is 27.8 Å². The molecule has 0 saturated heterocycles. The fourth-order valence-electron chi connectivity index (χ4n) is 2.62. The predicted molar refractivity (Wildman–Crippen MR) is 104 cm³/mol. The molecule has 0 atom stereocenters. The summed E-state index contributed by atoms with van der Waals surface area (Å²) in [6.07, 6.45) is 20.6. The van der Waals surface area contributed by atoms with Gasteiger partial charge in [-0.3, -0.25) is 4.98 Å². The van der Waals surface area contributed by atoms with Crippen molar-refractivity contribution >= 4 is 5.97 Å². The first kappa shape index (κ1) is 23.6. The summed E-state index contributed by atoms with van der Waals surface area (Å²) < 4.78 is 0. The molecule has 0 aliphatic carbocycles. The molecular weight excluding hydrogens is 314 g/mol. The SMILES string of the molecule is CCCCCCCCCCCCCCCO.O=C(O)c1cccnc1. The third kappa shape index (κ3) is 17.2. The molecule has 0 radical (unpaired) electrons. The van der Waals surface area contributed by atoms with Gasteiger partial charge in [0, 0.05) is 19.0 Å². The third-order valence-electron chi connectivity index (χ3n) is 4.17. The van der Waals surface area contributed by atoms with Crippen LogP contribution in [0.1, 0.15) is 101 Å².